The Balaban J connectivity index is 1.80. The second kappa shape index (κ2) is 10.7. The Hall–Kier alpha value is -4.20. The zero-order valence-corrected chi connectivity index (χ0v) is 17.8. The standard InChI is InChI=1S/C24H23N3O5/c1-3-31-23(29)15-32-22-12-11-17-7-4-5-10-20(17)21(22)14-25-27-24(30)18-8-6-9-19(13-18)26-16(2)28/h4-14H,3,15H2,1-2H3,(H,26,28)(H,27,30)/b25-14-. The summed E-state index contributed by atoms with van der Waals surface area (Å²) in [6.45, 7) is 3.14. The van der Waals surface area contributed by atoms with E-state index < -0.39 is 11.9 Å². The number of hydrogen-bond acceptors (Lipinski definition) is 6. The average Bonchev–Trinajstić information content (AvgIpc) is 2.78. The summed E-state index contributed by atoms with van der Waals surface area (Å²) in [5, 5.41) is 8.50. The largest absolute Gasteiger partial charge is 0.481 e. The van der Waals surface area contributed by atoms with Gasteiger partial charge in [0.1, 0.15) is 5.75 Å². The molecule has 0 fully saturated rings. The number of hydrogen-bond donors (Lipinski definition) is 2. The predicted molar refractivity (Wildman–Crippen MR) is 122 cm³/mol. The molecule has 0 bridgehead atoms. The van der Waals surface area contributed by atoms with Gasteiger partial charge in [-0.05, 0) is 42.0 Å². The number of carbonyl (C=O) groups is 3. The zero-order chi connectivity index (χ0) is 22.9. The molecule has 0 radical (unpaired) electrons. The highest BCUT2D eigenvalue weighted by Gasteiger charge is 2.11. The number of benzene rings is 3. The lowest BCUT2D eigenvalue weighted by molar-refractivity contribution is -0.145. The van der Waals surface area contributed by atoms with E-state index in [1.807, 2.05) is 30.3 Å². The van der Waals surface area contributed by atoms with E-state index in [-0.39, 0.29) is 19.1 Å². The third kappa shape index (κ3) is 5.91. The molecule has 32 heavy (non-hydrogen) atoms. The first-order valence-electron chi connectivity index (χ1n) is 9.99. The van der Waals surface area contributed by atoms with Crippen molar-refractivity contribution in [1.82, 2.24) is 5.43 Å². The molecule has 0 atom stereocenters. The predicted octanol–water partition coefficient (Wildman–Crippen LogP) is 3.50. The summed E-state index contributed by atoms with van der Waals surface area (Å²) in [7, 11) is 0. The van der Waals surface area contributed by atoms with E-state index in [9.17, 15) is 14.4 Å². The zero-order valence-electron chi connectivity index (χ0n) is 17.8. The van der Waals surface area contributed by atoms with Crippen molar-refractivity contribution in [3.8, 4) is 5.75 Å². The van der Waals surface area contributed by atoms with Gasteiger partial charge in [0.2, 0.25) is 5.91 Å². The van der Waals surface area contributed by atoms with Gasteiger partial charge in [0.05, 0.1) is 12.8 Å². The molecule has 8 nitrogen and oxygen atoms in total. The molecule has 0 saturated heterocycles. The maximum atomic E-state index is 12.5. The molecule has 0 saturated carbocycles. The van der Waals surface area contributed by atoms with Crippen molar-refractivity contribution < 1.29 is 23.9 Å². The van der Waals surface area contributed by atoms with Gasteiger partial charge in [-0.25, -0.2) is 10.2 Å². The van der Waals surface area contributed by atoms with Gasteiger partial charge >= 0.3 is 5.97 Å². The average molecular weight is 433 g/mol. The van der Waals surface area contributed by atoms with E-state index in [4.69, 9.17) is 9.47 Å². The fourth-order valence-electron chi connectivity index (χ4n) is 3.04. The van der Waals surface area contributed by atoms with Crippen LogP contribution in [0.4, 0.5) is 5.69 Å². The van der Waals surface area contributed by atoms with Crippen LogP contribution in [0.5, 0.6) is 5.75 Å². The third-order valence-electron chi connectivity index (χ3n) is 4.39. The van der Waals surface area contributed by atoms with Crippen LogP contribution in [0, 0.1) is 0 Å². The number of amides is 2. The van der Waals surface area contributed by atoms with Crippen molar-refractivity contribution in [3.63, 3.8) is 0 Å². The van der Waals surface area contributed by atoms with E-state index >= 15 is 0 Å². The Bertz CT molecular complexity index is 1170. The number of anilines is 1. The third-order valence-corrected chi connectivity index (χ3v) is 4.39. The van der Waals surface area contributed by atoms with Crippen LogP contribution in [-0.2, 0) is 14.3 Å². The van der Waals surface area contributed by atoms with Crippen molar-refractivity contribution >= 4 is 40.5 Å². The summed E-state index contributed by atoms with van der Waals surface area (Å²) in [5.74, 6) is -0.715. The molecule has 0 aliphatic carbocycles. The molecular formula is C24H23N3O5. The van der Waals surface area contributed by atoms with Gasteiger partial charge in [0, 0.05) is 23.7 Å². The highest BCUT2D eigenvalue weighted by atomic mass is 16.6. The molecule has 2 N–H and O–H groups in total. The maximum absolute atomic E-state index is 12.5. The molecule has 0 aliphatic rings. The minimum atomic E-state index is -0.476. The smallest absolute Gasteiger partial charge is 0.344 e. The number of hydrazone groups is 1. The number of nitrogens with one attached hydrogen (secondary N) is 2. The molecule has 0 unspecified atom stereocenters. The van der Waals surface area contributed by atoms with Crippen molar-refractivity contribution in [1.29, 1.82) is 0 Å². The fraction of sp³-hybridized carbons (Fsp3) is 0.167. The summed E-state index contributed by atoms with van der Waals surface area (Å²) in [6.07, 6.45) is 1.47. The van der Waals surface area contributed by atoms with Gasteiger partial charge < -0.3 is 14.8 Å². The summed E-state index contributed by atoms with van der Waals surface area (Å²) in [5.41, 5.74) is 3.94. The van der Waals surface area contributed by atoms with E-state index in [2.05, 4.69) is 15.8 Å². The minimum Gasteiger partial charge on any atom is -0.481 e. The van der Waals surface area contributed by atoms with Gasteiger partial charge in [-0.2, -0.15) is 5.10 Å². The molecular weight excluding hydrogens is 410 g/mol. The van der Waals surface area contributed by atoms with Gasteiger partial charge in [0.25, 0.3) is 5.91 Å². The number of esters is 1. The second-order valence-electron chi connectivity index (χ2n) is 6.75. The fourth-order valence-corrected chi connectivity index (χ4v) is 3.04. The minimum absolute atomic E-state index is 0.230. The molecule has 8 heteroatoms. The second-order valence-corrected chi connectivity index (χ2v) is 6.75. The Morgan fingerprint density at radius 3 is 2.62 bits per heavy atom. The van der Waals surface area contributed by atoms with Gasteiger partial charge in [0.15, 0.2) is 6.61 Å². The lowest BCUT2D eigenvalue weighted by atomic mass is 10.0. The van der Waals surface area contributed by atoms with Crippen molar-refractivity contribution in [2.24, 2.45) is 5.10 Å². The Kier molecular flexibility index (Phi) is 7.53. The van der Waals surface area contributed by atoms with Crippen molar-refractivity contribution in [3.05, 3.63) is 71.8 Å². The maximum Gasteiger partial charge on any atom is 0.344 e. The lowest BCUT2D eigenvalue weighted by Gasteiger charge is -2.11. The molecule has 164 valence electrons. The van der Waals surface area contributed by atoms with Crippen LogP contribution in [0.3, 0.4) is 0 Å². The number of ether oxygens (including phenoxy) is 2. The van der Waals surface area contributed by atoms with Crippen LogP contribution in [0.2, 0.25) is 0 Å². The highest BCUT2D eigenvalue weighted by Crippen LogP contribution is 2.26. The van der Waals surface area contributed by atoms with E-state index in [1.165, 1.54) is 13.1 Å². The highest BCUT2D eigenvalue weighted by molar-refractivity contribution is 6.03. The van der Waals surface area contributed by atoms with Gasteiger partial charge in [-0.15, -0.1) is 0 Å². The quantitative estimate of drug-likeness (QED) is 0.321. The molecule has 0 aromatic heterocycles. The molecule has 0 spiro atoms. The van der Waals surface area contributed by atoms with Crippen LogP contribution in [0.15, 0.2) is 65.8 Å². The Labute approximate surface area is 185 Å². The first kappa shape index (κ1) is 22.5. The summed E-state index contributed by atoms with van der Waals surface area (Å²) < 4.78 is 10.5. The van der Waals surface area contributed by atoms with Crippen molar-refractivity contribution in [2.75, 3.05) is 18.5 Å². The number of rotatable bonds is 8. The molecule has 0 aliphatic heterocycles. The Morgan fingerprint density at radius 1 is 1.03 bits per heavy atom. The molecule has 3 aromatic carbocycles. The van der Waals surface area contributed by atoms with E-state index in [1.54, 1.807) is 37.3 Å². The number of nitrogens with zero attached hydrogens (tertiary/aromatic N) is 1. The summed E-state index contributed by atoms with van der Waals surface area (Å²) in [4.78, 5) is 35.4. The van der Waals surface area contributed by atoms with E-state index in [0.717, 1.165) is 10.8 Å². The Morgan fingerprint density at radius 2 is 1.84 bits per heavy atom. The monoisotopic (exact) mass is 433 g/mol. The lowest BCUT2D eigenvalue weighted by Crippen LogP contribution is -2.18. The van der Waals surface area contributed by atoms with E-state index in [0.29, 0.717) is 22.6 Å². The molecule has 2 amide bonds. The summed E-state index contributed by atoms with van der Waals surface area (Å²) >= 11 is 0. The topological polar surface area (TPSA) is 106 Å². The number of carbonyl (C=O) groups excluding carboxylic acids is 3. The first-order chi connectivity index (χ1) is 15.5. The van der Waals surface area contributed by atoms with Crippen LogP contribution >= 0.6 is 0 Å². The number of fused-ring (bicyclic) bond motifs is 1. The van der Waals surface area contributed by atoms with Crippen molar-refractivity contribution in [2.45, 2.75) is 13.8 Å². The molecule has 3 aromatic rings. The SMILES string of the molecule is CCOC(=O)COc1ccc2ccccc2c1/C=N\NC(=O)c1cccc(NC(C)=O)c1. The first-order valence-corrected chi connectivity index (χ1v) is 9.99. The van der Waals surface area contributed by atoms with Gasteiger partial charge in [-0.3, -0.25) is 9.59 Å². The summed E-state index contributed by atoms with van der Waals surface area (Å²) in [6, 6.07) is 17.7. The molecule has 3 rings (SSSR count). The van der Waals surface area contributed by atoms with Crippen LogP contribution in [-0.4, -0.2) is 37.2 Å². The van der Waals surface area contributed by atoms with Crippen LogP contribution < -0.4 is 15.5 Å². The van der Waals surface area contributed by atoms with Crippen LogP contribution in [0.1, 0.15) is 29.8 Å². The van der Waals surface area contributed by atoms with Gasteiger partial charge in [-0.1, -0.05) is 36.4 Å². The normalized spacial score (nSPS) is 10.7. The van der Waals surface area contributed by atoms with Crippen LogP contribution in [0.25, 0.3) is 10.8 Å². The molecule has 0 heterocycles.